The zero-order valence-corrected chi connectivity index (χ0v) is 19.5. The standard InChI is InChI=1S/C20H23Cl2NO5S2/c1-14-9-17(3-4-19(14)28-13-20(24)25)29-7-6-23-5-2-8-30(26,27)18-11-15(21)10-16(22)12-18/h3-4,9-12,23H,2,5-8,13H2,1H3,(H,24,25). The molecule has 0 saturated carbocycles. The van der Waals surface area contributed by atoms with E-state index in [0.29, 0.717) is 28.8 Å². The monoisotopic (exact) mass is 491 g/mol. The maximum absolute atomic E-state index is 12.4. The molecule has 2 N–H and O–H groups in total. The summed E-state index contributed by atoms with van der Waals surface area (Å²) < 4.78 is 29.9. The minimum atomic E-state index is -3.42. The molecular formula is C20H23Cl2NO5S2. The largest absolute Gasteiger partial charge is 0.482 e. The lowest BCUT2D eigenvalue weighted by atomic mass is 10.2. The number of ether oxygens (including phenoxy) is 1. The SMILES string of the molecule is Cc1cc(SCCNCCCS(=O)(=O)c2cc(Cl)cc(Cl)c2)ccc1OCC(=O)O. The first-order valence-electron chi connectivity index (χ1n) is 9.15. The number of thioether (sulfide) groups is 1. The van der Waals surface area contributed by atoms with E-state index in [2.05, 4.69) is 5.32 Å². The summed E-state index contributed by atoms with van der Waals surface area (Å²) in [6.07, 6.45) is 0.478. The van der Waals surface area contributed by atoms with Crippen molar-refractivity contribution in [1.82, 2.24) is 5.32 Å². The summed E-state index contributed by atoms with van der Waals surface area (Å²) in [4.78, 5) is 11.8. The van der Waals surface area contributed by atoms with Crippen LogP contribution >= 0.6 is 35.0 Å². The third-order valence-electron chi connectivity index (χ3n) is 4.01. The van der Waals surface area contributed by atoms with Crippen LogP contribution in [-0.4, -0.2) is 50.7 Å². The Hall–Kier alpha value is -1.45. The Labute approximate surface area is 190 Å². The first-order valence-corrected chi connectivity index (χ1v) is 12.5. The molecule has 2 aromatic carbocycles. The molecule has 0 saturated heterocycles. The van der Waals surface area contributed by atoms with Crippen LogP contribution in [0.5, 0.6) is 5.75 Å². The molecule has 0 amide bonds. The van der Waals surface area contributed by atoms with Gasteiger partial charge < -0.3 is 15.2 Å². The number of halogens is 2. The van der Waals surface area contributed by atoms with Crippen molar-refractivity contribution in [2.75, 3.05) is 31.2 Å². The lowest BCUT2D eigenvalue weighted by molar-refractivity contribution is -0.139. The molecule has 0 heterocycles. The first kappa shape index (κ1) is 24.8. The molecule has 2 rings (SSSR count). The van der Waals surface area contributed by atoms with Gasteiger partial charge in [-0.3, -0.25) is 0 Å². The van der Waals surface area contributed by atoms with Gasteiger partial charge in [0.25, 0.3) is 0 Å². The maximum Gasteiger partial charge on any atom is 0.341 e. The average molecular weight is 492 g/mol. The van der Waals surface area contributed by atoms with Crippen molar-refractivity contribution < 1.29 is 23.1 Å². The fourth-order valence-corrected chi connectivity index (χ4v) is 5.53. The van der Waals surface area contributed by atoms with E-state index in [4.69, 9.17) is 33.0 Å². The Balaban J connectivity index is 1.68. The predicted octanol–water partition coefficient (Wildman–Crippen LogP) is 4.31. The Morgan fingerprint density at radius 2 is 1.83 bits per heavy atom. The van der Waals surface area contributed by atoms with Crippen LogP contribution in [-0.2, 0) is 14.6 Å². The fourth-order valence-electron chi connectivity index (χ4n) is 2.59. The highest BCUT2D eigenvalue weighted by Gasteiger charge is 2.15. The summed E-state index contributed by atoms with van der Waals surface area (Å²) in [7, 11) is -3.42. The molecule has 0 aliphatic heterocycles. The predicted molar refractivity (Wildman–Crippen MR) is 121 cm³/mol. The van der Waals surface area contributed by atoms with Crippen molar-refractivity contribution in [3.63, 3.8) is 0 Å². The van der Waals surface area contributed by atoms with Crippen molar-refractivity contribution >= 4 is 50.8 Å². The van der Waals surface area contributed by atoms with Gasteiger partial charge in [0.2, 0.25) is 0 Å². The summed E-state index contributed by atoms with van der Waals surface area (Å²) in [6, 6.07) is 9.92. The second-order valence-electron chi connectivity index (χ2n) is 6.49. The van der Waals surface area contributed by atoms with Crippen LogP contribution in [0.4, 0.5) is 0 Å². The molecule has 0 aliphatic carbocycles. The van der Waals surface area contributed by atoms with E-state index in [9.17, 15) is 13.2 Å². The van der Waals surface area contributed by atoms with E-state index in [-0.39, 0.29) is 17.3 Å². The van der Waals surface area contributed by atoms with E-state index < -0.39 is 15.8 Å². The molecule has 0 unspecified atom stereocenters. The highest BCUT2D eigenvalue weighted by atomic mass is 35.5. The van der Waals surface area contributed by atoms with Crippen LogP contribution in [0, 0.1) is 6.92 Å². The van der Waals surface area contributed by atoms with Gasteiger partial charge in [-0.25, -0.2) is 13.2 Å². The van der Waals surface area contributed by atoms with Gasteiger partial charge in [0.15, 0.2) is 16.4 Å². The number of hydrogen-bond donors (Lipinski definition) is 2. The van der Waals surface area contributed by atoms with Gasteiger partial charge >= 0.3 is 5.97 Å². The van der Waals surface area contributed by atoms with Crippen molar-refractivity contribution in [1.29, 1.82) is 0 Å². The molecule has 6 nitrogen and oxygen atoms in total. The normalized spacial score (nSPS) is 11.4. The second-order valence-corrected chi connectivity index (χ2v) is 10.6. The molecular weight excluding hydrogens is 469 g/mol. The molecule has 0 fully saturated rings. The topological polar surface area (TPSA) is 92.7 Å². The lowest BCUT2D eigenvalue weighted by Gasteiger charge is -2.09. The molecule has 0 aliphatic rings. The molecule has 0 aromatic heterocycles. The maximum atomic E-state index is 12.4. The first-order chi connectivity index (χ1) is 14.2. The van der Waals surface area contributed by atoms with Crippen LogP contribution in [0.15, 0.2) is 46.2 Å². The minimum Gasteiger partial charge on any atom is -0.482 e. The summed E-state index contributed by atoms with van der Waals surface area (Å²) in [5.41, 5.74) is 0.875. The lowest BCUT2D eigenvalue weighted by Crippen LogP contribution is -2.21. The van der Waals surface area contributed by atoms with Crippen LogP contribution in [0.3, 0.4) is 0 Å². The second kappa shape index (κ2) is 11.8. The molecule has 10 heteroatoms. The van der Waals surface area contributed by atoms with Crippen LogP contribution in [0.25, 0.3) is 0 Å². The van der Waals surface area contributed by atoms with Crippen molar-refractivity contribution in [2.24, 2.45) is 0 Å². The number of hydrogen-bond acceptors (Lipinski definition) is 6. The highest BCUT2D eigenvalue weighted by Crippen LogP contribution is 2.25. The van der Waals surface area contributed by atoms with Crippen molar-refractivity contribution in [3.05, 3.63) is 52.0 Å². The number of sulfone groups is 1. The molecule has 0 atom stereocenters. The van der Waals surface area contributed by atoms with E-state index in [1.807, 2.05) is 19.1 Å². The molecule has 0 spiro atoms. The molecule has 30 heavy (non-hydrogen) atoms. The molecule has 2 aromatic rings. The Morgan fingerprint density at radius 3 is 2.47 bits per heavy atom. The van der Waals surface area contributed by atoms with Crippen LogP contribution in [0.2, 0.25) is 10.0 Å². The van der Waals surface area contributed by atoms with Gasteiger partial charge in [-0.1, -0.05) is 23.2 Å². The number of carbonyl (C=O) groups is 1. The van der Waals surface area contributed by atoms with Gasteiger partial charge in [-0.15, -0.1) is 11.8 Å². The number of benzene rings is 2. The van der Waals surface area contributed by atoms with E-state index in [0.717, 1.165) is 22.8 Å². The van der Waals surface area contributed by atoms with E-state index in [1.165, 1.54) is 18.2 Å². The third-order valence-corrected chi connectivity index (χ3v) is 7.22. The summed E-state index contributed by atoms with van der Waals surface area (Å²) in [6.45, 7) is 2.81. The Morgan fingerprint density at radius 1 is 1.13 bits per heavy atom. The molecule has 164 valence electrons. The van der Waals surface area contributed by atoms with E-state index >= 15 is 0 Å². The van der Waals surface area contributed by atoms with Gasteiger partial charge in [-0.2, -0.15) is 0 Å². The number of nitrogens with one attached hydrogen (secondary N) is 1. The average Bonchev–Trinajstić information content (AvgIpc) is 2.65. The van der Waals surface area contributed by atoms with Crippen molar-refractivity contribution in [2.45, 2.75) is 23.1 Å². The fraction of sp³-hybridized carbons (Fsp3) is 0.350. The van der Waals surface area contributed by atoms with Gasteiger partial charge in [0.1, 0.15) is 5.75 Å². The number of aryl methyl sites for hydroxylation is 1. The highest BCUT2D eigenvalue weighted by molar-refractivity contribution is 7.99. The summed E-state index contributed by atoms with van der Waals surface area (Å²) in [5.74, 6) is 0.372. The zero-order valence-electron chi connectivity index (χ0n) is 16.4. The van der Waals surface area contributed by atoms with Crippen molar-refractivity contribution in [3.8, 4) is 5.75 Å². The van der Waals surface area contributed by atoms with Gasteiger partial charge in [0, 0.05) is 27.2 Å². The number of carboxylic acid groups (broad SMARTS) is 1. The third kappa shape index (κ3) is 8.35. The van der Waals surface area contributed by atoms with Gasteiger partial charge in [0.05, 0.1) is 10.6 Å². The number of rotatable bonds is 12. The summed E-state index contributed by atoms with van der Waals surface area (Å²) in [5, 5.41) is 12.5. The molecule has 0 bridgehead atoms. The van der Waals surface area contributed by atoms with Gasteiger partial charge in [-0.05, 0) is 61.9 Å². The Bertz CT molecular complexity index is 963. The van der Waals surface area contributed by atoms with Crippen LogP contribution < -0.4 is 10.1 Å². The smallest absolute Gasteiger partial charge is 0.341 e. The van der Waals surface area contributed by atoms with Crippen LogP contribution in [0.1, 0.15) is 12.0 Å². The summed E-state index contributed by atoms with van der Waals surface area (Å²) >= 11 is 13.4. The zero-order chi connectivity index (χ0) is 22.1. The molecule has 0 radical (unpaired) electrons. The van der Waals surface area contributed by atoms with E-state index in [1.54, 1.807) is 17.8 Å². The number of carboxylic acids is 1. The minimum absolute atomic E-state index is 0.0147. The Kier molecular flexibility index (Phi) is 9.77. The quantitative estimate of drug-likeness (QED) is 0.337. The number of aliphatic carboxylic acids is 1.